The van der Waals surface area contributed by atoms with Crippen LogP contribution in [0.1, 0.15) is 6.92 Å². The molecule has 0 bridgehead atoms. The number of benzene rings is 1. The molecule has 8 nitrogen and oxygen atoms in total. The van der Waals surface area contributed by atoms with E-state index in [4.69, 9.17) is 0 Å². The average Bonchev–Trinajstić information content (AvgIpc) is 3.37. The second kappa shape index (κ2) is 8.11. The highest BCUT2D eigenvalue weighted by Gasteiger charge is 2.25. The highest BCUT2D eigenvalue weighted by molar-refractivity contribution is 7.14. The van der Waals surface area contributed by atoms with E-state index >= 15 is 0 Å². The molecule has 0 unspecified atom stereocenters. The lowest BCUT2D eigenvalue weighted by Gasteiger charge is -2.35. The van der Waals surface area contributed by atoms with Crippen molar-refractivity contribution >= 4 is 55.8 Å². The molecule has 0 spiro atoms. The van der Waals surface area contributed by atoms with E-state index in [2.05, 4.69) is 37.0 Å². The minimum atomic E-state index is -0.642. The van der Waals surface area contributed by atoms with E-state index in [0.29, 0.717) is 31.3 Å². The number of fused-ring (bicyclic) bond motifs is 1. The number of carbonyl (C=O) groups is 2. The van der Waals surface area contributed by atoms with Gasteiger partial charge in [0.05, 0.1) is 4.70 Å². The summed E-state index contributed by atoms with van der Waals surface area (Å²) in [5.74, 6) is 0.702. The van der Waals surface area contributed by atoms with Crippen LogP contribution in [0.2, 0.25) is 0 Å². The van der Waals surface area contributed by atoms with Gasteiger partial charge >= 0.3 is 6.03 Å². The summed E-state index contributed by atoms with van der Waals surface area (Å²) in [6.07, 6.45) is 1.62. The Morgan fingerprint density at radius 2 is 1.96 bits per heavy atom. The summed E-state index contributed by atoms with van der Waals surface area (Å²) in [5.41, 5.74) is 0. The highest BCUT2D eigenvalue weighted by Crippen LogP contribution is 2.29. The molecule has 3 heterocycles. The van der Waals surface area contributed by atoms with Gasteiger partial charge in [0.15, 0.2) is 5.13 Å². The second-order valence-electron chi connectivity index (χ2n) is 6.47. The Balaban J connectivity index is 1.30. The van der Waals surface area contributed by atoms with Crippen LogP contribution >= 0.6 is 22.9 Å². The Labute approximate surface area is 170 Å². The number of hydrogen-bond donors (Lipinski definition) is 2. The van der Waals surface area contributed by atoms with Crippen molar-refractivity contribution in [2.24, 2.45) is 0 Å². The summed E-state index contributed by atoms with van der Waals surface area (Å²) in [7, 11) is 0. The molecule has 3 aromatic rings. The predicted octanol–water partition coefficient (Wildman–Crippen LogP) is 2.61. The number of rotatable bonds is 4. The lowest BCUT2D eigenvalue weighted by atomic mass is 10.2. The quantitative estimate of drug-likeness (QED) is 0.682. The lowest BCUT2D eigenvalue weighted by Crippen LogP contribution is -2.54. The third-order valence-corrected chi connectivity index (χ3v) is 6.13. The van der Waals surface area contributed by atoms with E-state index in [9.17, 15) is 9.59 Å². The summed E-state index contributed by atoms with van der Waals surface area (Å²) in [6, 6.07) is 7.30. The van der Waals surface area contributed by atoms with Crippen molar-refractivity contribution in [2.75, 3.05) is 36.4 Å². The van der Waals surface area contributed by atoms with Crippen molar-refractivity contribution in [3.8, 4) is 0 Å². The van der Waals surface area contributed by atoms with Crippen LogP contribution in [-0.2, 0) is 4.79 Å². The van der Waals surface area contributed by atoms with Gasteiger partial charge in [-0.15, -0.1) is 11.3 Å². The maximum absolute atomic E-state index is 12.5. The zero-order chi connectivity index (χ0) is 19.5. The molecule has 2 aromatic heterocycles. The first-order valence-corrected chi connectivity index (χ1v) is 10.6. The van der Waals surface area contributed by atoms with Crippen LogP contribution in [0.25, 0.3) is 10.1 Å². The second-order valence-corrected chi connectivity index (χ2v) is 8.17. The number of urea groups is 1. The van der Waals surface area contributed by atoms with Crippen LogP contribution in [0, 0.1) is 0 Å². The van der Waals surface area contributed by atoms with Gasteiger partial charge in [-0.05, 0) is 30.6 Å². The molecule has 3 amide bonds. The van der Waals surface area contributed by atoms with Crippen molar-refractivity contribution in [2.45, 2.75) is 13.0 Å². The molecule has 1 fully saturated rings. The molecule has 1 atom stereocenters. The van der Waals surface area contributed by atoms with Crippen molar-refractivity contribution in [3.05, 3.63) is 35.8 Å². The number of nitrogens with zero attached hydrogens (tertiary/aromatic N) is 4. The van der Waals surface area contributed by atoms with E-state index in [0.717, 1.165) is 15.9 Å². The molecule has 0 aliphatic carbocycles. The fourth-order valence-corrected chi connectivity index (χ4v) is 4.39. The number of nitrogens with one attached hydrogen (secondary N) is 2. The van der Waals surface area contributed by atoms with Crippen molar-refractivity contribution in [3.63, 3.8) is 0 Å². The Bertz CT molecular complexity index is 966. The number of thiazole rings is 1. The first-order chi connectivity index (χ1) is 13.6. The highest BCUT2D eigenvalue weighted by atomic mass is 32.1. The van der Waals surface area contributed by atoms with Crippen LogP contribution in [0.5, 0.6) is 0 Å². The monoisotopic (exact) mass is 416 g/mol. The SMILES string of the molecule is C[C@H](NC(=O)N1CCN(c2nsc3ccccc23)CC1)C(=O)Nc1nccs1. The minimum Gasteiger partial charge on any atom is -0.352 e. The van der Waals surface area contributed by atoms with Crippen molar-refractivity contribution in [1.29, 1.82) is 0 Å². The lowest BCUT2D eigenvalue weighted by molar-refractivity contribution is -0.117. The topological polar surface area (TPSA) is 90.5 Å². The van der Waals surface area contributed by atoms with Crippen LogP contribution < -0.4 is 15.5 Å². The molecule has 2 N–H and O–H groups in total. The standard InChI is InChI=1S/C18H20N6O2S2/c1-12(16(25)21-17-19-6-11-27-17)20-18(26)24-9-7-23(8-10-24)15-13-4-2-3-5-14(13)28-22-15/h2-6,11-12H,7-10H2,1H3,(H,20,26)(H,19,21,25)/t12-/m0/s1. The molecule has 0 radical (unpaired) electrons. The molecule has 1 aromatic carbocycles. The van der Waals surface area contributed by atoms with E-state index in [1.54, 1.807) is 23.4 Å². The third-order valence-electron chi connectivity index (χ3n) is 4.62. The maximum Gasteiger partial charge on any atom is 0.318 e. The molecule has 1 saturated heterocycles. The van der Waals surface area contributed by atoms with Crippen molar-refractivity contribution in [1.82, 2.24) is 19.6 Å². The minimum absolute atomic E-state index is 0.232. The van der Waals surface area contributed by atoms with E-state index < -0.39 is 6.04 Å². The zero-order valence-electron chi connectivity index (χ0n) is 15.3. The van der Waals surface area contributed by atoms with Gasteiger partial charge in [-0.2, -0.15) is 4.37 Å². The number of carbonyl (C=O) groups excluding carboxylic acids is 2. The zero-order valence-corrected chi connectivity index (χ0v) is 16.9. The predicted molar refractivity (Wildman–Crippen MR) is 112 cm³/mol. The number of piperazine rings is 1. The summed E-state index contributed by atoms with van der Waals surface area (Å²) < 4.78 is 5.75. The van der Waals surface area contributed by atoms with Crippen LogP contribution in [-0.4, -0.2) is 58.4 Å². The van der Waals surface area contributed by atoms with Crippen LogP contribution in [0.15, 0.2) is 35.8 Å². The van der Waals surface area contributed by atoms with Gasteiger partial charge in [0.25, 0.3) is 0 Å². The third kappa shape index (κ3) is 3.92. The fourth-order valence-electron chi connectivity index (χ4n) is 3.06. The number of amides is 3. The molecule has 4 rings (SSSR count). The summed E-state index contributed by atoms with van der Waals surface area (Å²) in [4.78, 5) is 32.6. The van der Waals surface area contributed by atoms with Gasteiger partial charge in [0.2, 0.25) is 5.91 Å². The number of anilines is 2. The first kappa shape index (κ1) is 18.6. The van der Waals surface area contributed by atoms with Gasteiger partial charge in [0, 0.05) is 43.1 Å². The van der Waals surface area contributed by atoms with Crippen LogP contribution in [0.4, 0.5) is 15.7 Å². The number of aromatic nitrogens is 2. The molecular formula is C18H20N6O2S2. The molecule has 146 valence electrons. The summed E-state index contributed by atoms with van der Waals surface area (Å²) >= 11 is 2.83. The van der Waals surface area contributed by atoms with E-state index in [1.807, 2.05) is 12.1 Å². The average molecular weight is 417 g/mol. The van der Waals surface area contributed by atoms with Gasteiger partial charge in [-0.1, -0.05) is 12.1 Å². The van der Waals surface area contributed by atoms with E-state index in [-0.39, 0.29) is 11.9 Å². The molecule has 28 heavy (non-hydrogen) atoms. The Morgan fingerprint density at radius 1 is 1.18 bits per heavy atom. The summed E-state index contributed by atoms with van der Waals surface area (Å²) in [5, 5.41) is 8.91. The molecular weight excluding hydrogens is 396 g/mol. The van der Waals surface area contributed by atoms with Gasteiger partial charge in [-0.3, -0.25) is 4.79 Å². The van der Waals surface area contributed by atoms with Gasteiger partial charge in [0.1, 0.15) is 11.9 Å². The largest absolute Gasteiger partial charge is 0.352 e. The molecule has 1 aliphatic heterocycles. The van der Waals surface area contributed by atoms with Crippen molar-refractivity contribution < 1.29 is 9.59 Å². The first-order valence-electron chi connectivity index (χ1n) is 8.97. The Hall–Kier alpha value is -2.72. The molecule has 0 saturated carbocycles. The molecule has 10 heteroatoms. The molecule has 1 aliphatic rings. The Morgan fingerprint density at radius 3 is 2.71 bits per heavy atom. The van der Waals surface area contributed by atoms with Gasteiger partial charge in [-0.25, -0.2) is 9.78 Å². The Kier molecular flexibility index (Phi) is 5.40. The van der Waals surface area contributed by atoms with Gasteiger partial charge < -0.3 is 20.4 Å². The fraction of sp³-hybridized carbons (Fsp3) is 0.333. The number of hydrogen-bond acceptors (Lipinski definition) is 7. The normalized spacial score (nSPS) is 15.5. The van der Waals surface area contributed by atoms with E-state index in [1.165, 1.54) is 22.9 Å². The smallest absolute Gasteiger partial charge is 0.318 e. The van der Waals surface area contributed by atoms with Crippen LogP contribution in [0.3, 0.4) is 0 Å². The summed E-state index contributed by atoms with van der Waals surface area (Å²) in [6.45, 7) is 4.25. The maximum atomic E-state index is 12.5.